The smallest absolute Gasteiger partial charge is 0.126 e. The van der Waals surface area contributed by atoms with Crippen LogP contribution in [0.15, 0.2) is 406 Å². The molecule has 0 saturated heterocycles. The Morgan fingerprint density at radius 3 is 0.840 bits per heavy atom. The molecule has 0 unspecified atom stereocenters. The summed E-state index contributed by atoms with van der Waals surface area (Å²) < 4.78 is 77.7. The van der Waals surface area contributed by atoms with E-state index in [1.165, 1.54) is 0 Å². The predicted octanol–water partition coefficient (Wildman–Crippen LogP) is 27.5. The molecule has 0 amide bonds. The molecule has 0 saturated carbocycles. The first-order valence-electron chi connectivity index (χ1n) is 43.7. The van der Waals surface area contributed by atoms with Crippen LogP contribution in [0.25, 0.3) is 177 Å². The van der Waals surface area contributed by atoms with Crippen LogP contribution in [0.5, 0.6) is 0 Å². The Balaban J connectivity index is 0.000000113. The highest BCUT2D eigenvalue weighted by atomic mass is 14.9. The summed E-state index contributed by atoms with van der Waals surface area (Å²) in [6, 6.07) is 116. The third-order valence-corrected chi connectivity index (χ3v) is 19.9. The van der Waals surface area contributed by atoms with E-state index in [-0.39, 0.29) is 36.3 Å². The maximum absolute atomic E-state index is 8.88. The fourth-order valence-corrected chi connectivity index (χ4v) is 14.3. The van der Waals surface area contributed by atoms with Gasteiger partial charge in [-0.15, -0.1) is 0 Å². The van der Waals surface area contributed by atoms with Crippen molar-refractivity contribution in [3.8, 4) is 112 Å². The monoisotopic (exact) mass is 1540 g/mol. The zero-order valence-electron chi connectivity index (χ0n) is 75.0. The third kappa shape index (κ3) is 17.7. The van der Waals surface area contributed by atoms with Gasteiger partial charge in [-0.05, 0) is 168 Å². The lowest BCUT2D eigenvalue weighted by Crippen LogP contribution is -1.94. The molecule has 0 radical (unpaired) electrons. The summed E-state index contributed by atoms with van der Waals surface area (Å²) in [7, 11) is 0. The molecule has 0 N–H and O–H groups in total. The zero-order valence-corrected chi connectivity index (χ0v) is 66.0. The second-order valence-electron chi connectivity index (χ2n) is 28.3. The normalized spacial score (nSPS) is 12.0. The van der Waals surface area contributed by atoms with Gasteiger partial charge in [0.15, 0.2) is 0 Å². The van der Waals surface area contributed by atoms with Crippen LogP contribution < -0.4 is 0 Å². The molecule has 16 aromatic carbocycles. The molecule has 0 fully saturated rings. The van der Waals surface area contributed by atoms with Crippen molar-refractivity contribution in [2.45, 2.75) is 34.6 Å². The molecule has 0 aliphatic heterocycles. The minimum atomic E-state index is 0.0208. The number of nitrogens with zero attached hydrogens (tertiary/aromatic N) is 10. The van der Waals surface area contributed by atoms with E-state index < -0.39 is 0 Å². The van der Waals surface area contributed by atoms with Gasteiger partial charge < -0.3 is 0 Å². The quantitative estimate of drug-likeness (QED) is 0.130. The molecule has 10 heteroatoms. The van der Waals surface area contributed by atoms with Crippen LogP contribution >= 0.6 is 0 Å². The average Bonchev–Trinajstić information content (AvgIpc) is 0.776. The number of benzene rings is 16. The lowest BCUT2D eigenvalue weighted by molar-refractivity contribution is 1.10. The standard InChI is InChI=1S/C25H18N2.4C21H16N2/c1-17-26-24-16-22(21-12-11-18-7-5-6-10-20(18)15-21)13-14-23(24)25(27-17)19-8-3-2-4-9-19;4*1-15-22-20-14-18(16-8-4-2-5-9-16)12-13-19(20)21(23-15)17-10-6-3-7-11-17/h2-16H,1H3;4*2-14H,1H3/i13D,14D,16D;12D,13D,14D;14D;13D;12D. The summed E-state index contributed by atoms with van der Waals surface area (Å²) in [5, 5.41) is 5.65. The first-order chi connectivity index (χ1) is 62.3. The van der Waals surface area contributed by atoms with Crippen LogP contribution in [0.2, 0.25) is 0 Å². The molecule has 0 atom stereocenters. The lowest BCUT2D eigenvalue weighted by atomic mass is 9.99. The number of hydrogen-bond donors (Lipinski definition) is 0. The van der Waals surface area contributed by atoms with Gasteiger partial charge in [-0.2, -0.15) is 0 Å². The van der Waals surface area contributed by atoms with Crippen molar-refractivity contribution >= 4 is 65.3 Å². The summed E-state index contributed by atoms with van der Waals surface area (Å²) in [5.41, 5.74) is 20.0. The maximum Gasteiger partial charge on any atom is 0.126 e. The van der Waals surface area contributed by atoms with Gasteiger partial charge in [-0.1, -0.05) is 340 Å². The molecule has 568 valence electrons. The minimum absolute atomic E-state index is 0.0208. The van der Waals surface area contributed by atoms with Crippen molar-refractivity contribution in [3.05, 3.63) is 435 Å². The number of fused-ring (bicyclic) bond motifs is 6. The van der Waals surface area contributed by atoms with Gasteiger partial charge in [0.2, 0.25) is 0 Å². The first kappa shape index (κ1) is 65.8. The molecule has 10 nitrogen and oxygen atoms in total. The van der Waals surface area contributed by atoms with Crippen LogP contribution in [-0.4, -0.2) is 49.8 Å². The number of aryl methyl sites for hydroxylation is 5. The molecule has 119 heavy (non-hydrogen) atoms. The molecule has 21 rings (SSSR count). The lowest BCUT2D eigenvalue weighted by Gasteiger charge is -2.10. The highest BCUT2D eigenvalue weighted by molar-refractivity contribution is 6.00. The van der Waals surface area contributed by atoms with Crippen molar-refractivity contribution in [3.63, 3.8) is 0 Å². The fourth-order valence-electron chi connectivity index (χ4n) is 14.3. The van der Waals surface area contributed by atoms with Gasteiger partial charge in [0.25, 0.3) is 0 Å². The van der Waals surface area contributed by atoms with Crippen molar-refractivity contribution in [2.75, 3.05) is 0 Å². The summed E-state index contributed by atoms with van der Waals surface area (Å²) in [4.78, 5) is 45.6. The van der Waals surface area contributed by atoms with E-state index in [9.17, 15) is 0 Å². The average molecular weight is 1540 g/mol. The third-order valence-electron chi connectivity index (χ3n) is 19.9. The van der Waals surface area contributed by atoms with Gasteiger partial charge in [0.05, 0.1) is 68.4 Å². The van der Waals surface area contributed by atoms with Gasteiger partial charge in [-0.3, -0.25) is 0 Å². The van der Waals surface area contributed by atoms with E-state index in [1.807, 2.05) is 373 Å². The Hall–Kier alpha value is -15.5. The van der Waals surface area contributed by atoms with Crippen molar-refractivity contribution in [2.24, 2.45) is 0 Å². The predicted molar refractivity (Wildman–Crippen MR) is 493 cm³/mol. The molecule has 21 aromatic rings. The van der Waals surface area contributed by atoms with Crippen molar-refractivity contribution in [1.29, 1.82) is 0 Å². The van der Waals surface area contributed by atoms with E-state index in [0.29, 0.717) is 91.3 Å². The fraction of sp³-hybridized carbons (Fsp3) is 0.0459. The minimum Gasteiger partial charge on any atom is -0.233 e. The van der Waals surface area contributed by atoms with Crippen LogP contribution in [0, 0.1) is 34.6 Å². The molecule has 0 aliphatic carbocycles. The van der Waals surface area contributed by atoms with E-state index in [2.05, 4.69) is 49.8 Å². The number of hydrogen-bond acceptors (Lipinski definition) is 10. The summed E-state index contributed by atoms with van der Waals surface area (Å²) in [5.74, 6) is 3.21. The second-order valence-corrected chi connectivity index (χ2v) is 28.3. The second kappa shape index (κ2) is 35.5. The highest BCUT2D eigenvalue weighted by Crippen LogP contribution is 2.37. The molecule has 5 aromatic heterocycles. The SMILES string of the molecule is [2H]c1c(-c2ccc3ccccc3c2)c([2H])c2nc(C)nc(-c3ccccc3)c2c1[2H].[2H]c1c(-c2ccccc2)c([2H])c2nc(C)nc(-c3ccccc3)c2c1[2H].[2H]c1c(-c2ccccc2)ccc2c(-c3ccccc3)nc(C)nc12.[2H]c1cc(-c2ccccc2)cc2nc(C)nc(-c3ccccc3)c12.[2H]c1cc2c(-c3ccccc3)nc(C)nc2cc1-c1ccccc1. The van der Waals surface area contributed by atoms with Crippen LogP contribution in [0.4, 0.5) is 0 Å². The topological polar surface area (TPSA) is 129 Å². The Labute approximate surface area is 705 Å². The first-order valence-corrected chi connectivity index (χ1v) is 39.2. The van der Waals surface area contributed by atoms with Gasteiger partial charge in [0, 0.05) is 54.7 Å². The van der Waals surface area contributed by atoms with Crippen LogP contribution in [0.3, 0.4) is 0 Å². The van der Waals surface area contributed by atoms with Crippen LogP contribution in [-0.2, 0) is 0 Å². The molecule has 0 spiro atoms. The molecule has 0 bridgehead atoms. The summed E-state index contributed by atoms with van der Waals surface area (Å²) >= 11 is 0. The van der Waals surface area contributed by atoms with E-state index in [4.69, 9.17) is 12.3 Å². The summed E-state index contributed by atoms with van der Waals surface area (Å²) in [6.07, 6.45) is 0. The number of aromatic nitrogens is 10. The highest BCUT2D eigenvalue weighted by Gasteiger charge is 2.16. The van der Waals surface area contributed by atoms with Crippen molar-refractivity contribution < 1.29 is 12.3 Å². The Morgan fingerprint density at radius 1 is 0.160 bits per heavy atom. The molecular formula is C109H82N10. The van der Waals surface area contributed by atoms with Crippen molar-refractivity contribution in [1.82, 2.24) is 49.8 Å². The van der Waals surface area contributed by atoms with Gasteiger partial charge in [0.1, 0.15) is 29.1 Å². The number of rotatable bonds is 10. The van der Waals surface area contributed by atoms with Gasteiger partial charge in [-0.25, -0.2) is 49.8 Å². The van der Waals surface area contributed by atoms with E-state index >= 15 is 0 Å². The Bertz CT molecular complexity index is 7610. The largest absolute Gasteiger partial charge is 0.233 e. The molecular weight excluding hydrogens is 1450 g/mol. The van der Waals surface area contributed by atoms with E-state index in [1.54, 1.807) is 13.8 Å². The molecule has 0 aliphatic rings. The zero-order chi connectivity index (χ0) is 88.6. The summed E-state index contributed by atoms with van der Waals surface area (Å²) in [6.45, 7) is 9.25. The van der Waals surface area contributed by atoms with E-state index in [0.717, 1.165) is 133 Å². The molecule has 5 heterocycles. The maximum atomic E-state index is 8.88. The van der Waals surface area contributed by atoms with Gasteiger partial charge >= 0.3 is 0 Å². The Kier molecular flexibility index (Phi) is 19.6. The Morgan fingerprint density at radius 2 is 0.429 bits per heavy atom. The van der Waals surface area contributed by atoms with Crippen LogP contribution in [0.1, 0.15) is 41.5 Å².